The van der Waals surface area contributed by atoms with Crippen LogP contribution in [-0.2, 0) is 4.79 Å². The van der Waals surface area contributed by atoms with Crippen LogP contribution < -0.4 is 0 Å². The number of thioether (sulfide) groups is 1. The Morgan fingerprint density at radius 3 is 2.53 bits per heavy atom. The number of aliphatic carboxylic acids is 1. The highest BCUT2D eigenvalue weighted by Gasteiger charge is 2.38. The molecule has 1 saturated carbocycles. The number of hydrogen-bond donors (Lipinski definition) is 1. The van der Waals surface area contributed by atoms with Crippen LogP contribution in [0.1, 0.15) is 51.9 Å². The topological polar surface area (TPSA) is 37.3 Å². The van der Waals surface area contributed by atoms with Crippen LogP contribution in [0.4, 0.5) is 0 Å². The number of rotatable bonds is 6. The van der Waals surface area contributed by atoms with Crippen molar-refractivity contribution in [2.75, 3.05) is 11.5 Å². The third-order valence-electron chi connectivity index (χ3n) is 3.41. The van der Waals surface area contributed by atoms with E-state index < -0.39 is 5.97 Å². The molecule has 2 nitrogen and oxygen atoms in total. The van der Waals surface area contributed by atoms with E-state index in [9.17, 15) is 9.90 Å². The molecule has 0 aromatic heterocycles. The molecule has 0 aliphatic heterocycles. The summed E-state index contributed by atoms with van der Waals surface area (Å²) in [6.07, 6.45) is 7.18. The Hall–Kier alpha value is -0.180. The molecule has 1 N–H and O–H groups in total. The summed E-state index contributed by atoms with van der Waals surface area (Å²) in [5.41, 5.74) is -0.369. The monoisotopic (exact) mass is 230 g/mol. The van der Waals surface area contributed by atoms with E-state index in [4.69, 9.17) is 0 Å². The normalized spacial score (nSPS) is 20.1. The summed E-state index contributed by atoms with van der Waals surface area (Å²) >= 11 is 1.91. The van der Waals surface area contributed by atoms with Gasteiger partial charge in [0.1, 0.15) is 0 Å². The maximum Gasteiger partial charge on any atom is 0.309 e. The summed E-state index contributed by atoms with van der Waals surface area (Å²) in [7, 11) is 0. The first-order valence-corrected chi connectivity index (χ1v) is 7.18. The van der Waals surface area contributed by atoms with Crippen molar-refractivity contribution >= 4 is 17.7 Å². The molecule has 1 aliphatic carbocycles. The minimum Gasteiger partial charge on any atom is -0.481 e. The maximum atomic E-state index is 11.3. The first-order chi connectivity index (χ1) is 7.21. The fourth-order valence-corrected chi connectivity index (χ4v) is 3.09. The molecule has 15 heavy (non-hydrogen) atoms. The summed E-state index contributed by atoms with van der Waals surface area (Å²) in [4.78, 5) is 11.3. The van der Waals surface area contributed by atoms with Crippen molar-refractivity contribution in [2.24, 2.45) is 5.41 Å². The third-order valence-corrected chi connectivity index (χ3v) is 4.40. The molecule has 0 atom stereocenters. The van der Waals surface area contributed by atoms with E-state index >= 15 is 0 Å². The second-order valence-corrected chi connectivity index (χ2v) is 5.84. The quantitative estimate of drug-likeness (QED) is 0.709. The van der Waals surface area contributed by atoms with Crippen molar-refractivity contribution < 1.29 is 9.90 Å². The van der Waals surface area contributed by atoms with Gasteiger partial charge in [0.05, 0.1) is 5.41 Å². The first-order valence-electron chi connectivity index (χ1n) is 6.02. The SMILES string of the molecule is CCSCCCC1(C(=O)O)CCCCC1. The van der Waals surface area contributed by atoms with Gasteiger partial charge >= 0.3 is 5.97 Å². The zero-order valence-corrected chi connectivity index (χ0v) is 10.4. The van der Waals surface area contributed by atoms with Crippen molar-refractivity contribution in [3.05, 3.63) is 0 Å². The van der Waals surface area contributed by atoms with Crippen LogP contribution in [0.15, 0.2) is 0 Å². The van der Waals surface area contributed by atoms with Gasteiger partial charge < -0.3 is 5.11 Å². The van der Waals surface area contributed by atoms with Crippen LogP contribution in [-0.4, -0.2) is 22.6 Å². The largest absolute Gasteiger partial charge is 0.481 e. The Kier molecular flexibility index (Phi) is 5.51. The molecule has 3 heteroatoms. The Bertz CT molecular complexity index is 198. The van der Waals surface area contributed by atoms with Gasteiger partial charge in [-0.1, -0.05) is 26.2 Å². The number of hydrogen-bond acceptors (Lipinski definition) is 2. The lowest BCUT2D eigenvalue weighted by Crippen LogP contribution is -2.33. The smallest absolute Gasteiger partial charge is 0.309 e. The highest BCUT2D eigenvalue weighted by Crippen LogP contribution is 2.40. The van der Waals surface area contributed by atoms with E-state index in [-0.39, 0.29) is 5.41 Å². The molecule has 1 rings (SSSR count). The van der Waals surface area contributed by atoms with Gasteiger partial charge in [0.25, 0.3) is 0 Å². The Morgan fingerprint density at radius 1 is 1.33 bits per heavy atom. The molecule has 1 fully saturated rings. The van der Waals surface area contributed by atoms with E-state index in [0.29, 0.717) is 0 Å². The average molecular weight is 230 g/mol. The molecule has 88 valence electrons. The fourth-order valence-electron chi connectivity index (χ4n) is 2.46. The molecule has 0 aromatic carbocycles. The molecule has 0 amide bonds. The molecule has 0 saturated heterocycles. The maximum absolute atomic E-state index is 11.3. The summed E-state index contributed by atoms with van der Waals surface area (Å²) in [6.45, 7) is 2.15. The van der Waals surface area contributed by atoms with Crippen LogP contribution in [0.3, 0.4) is 0 Å². The zero-order valence-electron chi connectivity index (χ0n) is 9.63. The van der Waals surface area contributed by atoms with Gasteiger partial charge in [-0.3, -0.25) is 4.79 Å². The van der Waals surface area contributed by atoms with E-state index in [2.05, 4.69) is 6.92 Å². The van der Waals surface area contributed by atoms with Crippen molar-refractivity contribution in [2.45, 2.75) is 51.9 Å². The summed E-state index contributed by atoms with van der Waals surface area (Å²) in [6, 6.07) is 0. The standard InChI is InChI=1S/C12H22O2S/c1-2-15-10-6-9-12(11(13)14)7-4-3-5-8-12/h2-10H2,1H3,(H,13,14). The van der Waals surface area contributed by atoms with Crippen LogP contribution in [0, 0.1) is 5.41 Å². The van der Waals surface area contributed by atoms with Crippen molar-refractivity contribution in [3.8, 4) is 0 Å². The lowest BCUT2D eigenvalue weighted by molar-refractivity contribution is -0.151. The average Bonchev–Trinajstić information content (AvgIpc) is 2.26. The third kappa shape index (κ3) is 3.71. The van der Waals surface area contributed by atoms with Crippen molar-refractivity contribution in [3.63, 3.8) is 0 Å². The van der Waals surface area contributed by atoms with Gasteiger partial charge in [-0.25, -0.2) is 0 Å². The second-order valence-electron chi connectivity index (χ2n) is 4.45. The van der Waals surface area contributed by atoms with Gasteiger partial charge in [-0.15, -0.1) is 0 Å². The van der Waals surface area contributed by atoms with Gasteiger partial charge in [0.2, 0.25) is 0 Å². The highest BCUT2D eigenvalue weighted by atomic mass is 32.2. The summed E-state index contributed by atoms with van der Waals surface area (Å²) < 4.78 is 0. The molecule has 0 unspecified atom stereocenters. The lowest BCUT2D eigenvalue weighted by Gasteiger charge is -2.33. The van der Waals surface area contributed by atoms with E-state index in [1.54, 1.807) is 0 Å². The predicted molar refractivity (Wildman–Crippen MR) is 65.4 cm³/mol. The second kappa shape index (κ2) is 6.41. The Morgan fingerprint density at radius 2 is 2.00 bits per heavy atom. The molecule has 1 aliphatic rings. The number of carbonyl (C=O) groups is 1. The van der Waals surface area contributed by atoms with Gasteiger partial charge in [0.15, 0.2) is 0 Å². The van der Waals surface area contributed by atoms with E-state index in [0.717, 1.165) is 50.0 Å². The number of carboxylic acids is 1. The van der Waals surface area contributed by atoms with E-state index in [1.165, 1.54) is 6.42 Å². The highest BCUT2D eigenvalue weighted by molar-refractivity contribution is 7.99. The molecular formula is C12H22O2S. The minimum absolute atomic E-state index is 0.369. The minimum atomic E-state index is -0.552. The molecule has 0 aromatic rings. The molecule has 0 heterocycles. The first kappa shape index (κ1) is 12.9. The van der Waals surface area contributed by atoms with Gasteiger partial charge in [-0.05, 0) is 37.2 Å². The Balaban J connectivity index is 2.39. The van der Waals surface area contributed by atoms with Crippen LogP contribution in [0.25, 0.3) is 0 Å². The van der Waals surface area contributed by atoms with E-state index in [1.807, 2.05) is 11.8 Å². The Labute approximate surface area is 96.8 Å². The van der Waals surface area contributed by atoms with Crippen LogP contribution in [0.5, 0.6) is 0 Å². The summed E-state index contributed by atoms with van der Waals surface area (Å²) in [5.74, 6) is 1.70. The van der Waals surface area contributed by atoms with Gasteiger partial charge in [0, 0.05) is 0 Å². The molecule has 0 radical (unpaired) electrons. The van der Waals surface area contributed by atoms with Crippen molar-refractivity contribution in [1.82, 2.24) is 0 Å². The summed E-state index contributed by atoms with van der Waals surface area (Å²) in [5, 5.41) is 9.34. The zero-order chi connectivity index (χ0) is 11.1. The molecule has 0 spiro atoms. The molecular weight excluding hydrogens is 208 g/mol. The fraction of sp³-hybridized carbons (Fsp3) is 0.917. The predicted octanol–water partition coefficient (Wildman–Crippen LogP) is 3.55. The van der Waals surface area contributed by atoms with Crippen molar-refractivity contribution in [1.29, 1.82) is 0 Å². The number of carboxylic acid groups (broad SMARTS) is 1. The molecule has 0 bridgehead atoms. The van der Waals surface area contributed by atoms with Gasteiger partial charge in [-0.2, -0.15) is 11.8 Å². The van der Waals surface area contributed by atoms with Crippen LogP contribution >= 0.6 is 11.8 Å². The van der Waals surface area contributed by atoms with Crippen LogP contribution in [0.2, 0.25) is 0 Å². The lowest BCUT2D eigenvalue weighted by atomic mass is 9.71.